The molecule has 0 amide bonds. The van der Waals surface area contributed by atoms with Crippen molar-refractivity contribution < 1.29 is 19.1 Å². The molecule has 10 nitrogen and oxygen atoms in total. The number of methoxy groups -OCH3 is 2. The molecule has 0 aliphatic carbocycles. The molecule has 2 heterocycles. The van der Waals surface area contributed by atoms with E-state index in [0.717, 1.165) is 44.8 Å². The fraction of sp³-hybridized carbons (Fsp3) is 0.550. The van der Waals surface area contributed by atoms with Gasteiger partial charge in [-0.25, -0.2) is 0 Å². The van der Waals surface area contributed by atoms with Crippen LogP contribution in [0.4, 0.5) is 11.6 Å². The van der Waals surface area contributed by atoms with Crippen LogP contribution in [-0.2, 0) is 18.3 Å². The van der Waals surface area contributed by atoms with Gasteiger partial charge in [-0.15, -0.1) is 0 Å². The van der Waals surface area contributed by atoms with Gasteiger partial charge in [-0.2, -0.15) is 0 Å². The Morgan fingerprint density at radius 1 is 1.27 bits per heavy atom. The monoisotopic (exact) mass is 419 g/mol. The Hall–Kier alpha value is -2.85. The van der Waals surface area contributed by atoms with Gasteiger partial charge in [0.2, 0.25) is 12.1 Å². The minimum absolute atomic E-state index is 0.147. The molecule has 0 atom stereocenters. The van der Waals surface area contributed by atoms with Gasteiger partial charge < -0.3 is 29.2 Å². The third-order valence-corrected chi connectivity index (χ3v) is 5.21. The van der Waals surface area contributed by atoms with E-state index in [2.05, 4.69) is 9.88 Å². The maximum absolute atomic E-state index is 11.6. The largest absolute Gasteiger partial charge is 0.493 e. The summed E-state index contributed by atoms with van der Waals surface area (Å²) in [5.74, 6) is 1.59. The minimum atomic E-state index is -0.437. The summed E-state index contributed by atoms with van der Waals surface area (Å²) in [5, 5.41) is 11.6. The summed E-state index contributed by atoms with van der Waals surface area (Å²) in [6.07, 6.45) is 2.33. The number of hydrogen-bond acceptors (Lipinski definition) is 8. The molecule has 3 rings (SSSR count). The Morgan fingerprint density at radius 2 is 2.03 bits per heavy atom. The van der Waals surface area contributed by atoms with E-state index in [9.17, 15) is 10.1 Å². The third-order valence-electron chi connectivity index (χ3n) is 5.21. The van der Waals surface area contributed by atoms with Gasteiger partial charge in [0, 0.05) is 45.3 Å². The van der Waals surface area contributed by atoms with Crippen LogP contribution in [0, 0.1) is 10.1 Å². The Kier molecular flexibility index (Phi) is 7.47. The van der Waals surface area contributed by atoms with Crippen molar-refractivity contribution in [2.75, 3.05) is 58.5 Å². The Labute approximate surface area is 176 Å². The quantitative estimate of drug-likeness (QED) is 0.427. The number of aryl methyl sites for hydroxylation is 1. The van der Waals surface area contributed by atoms with Crippen molar-refractivity contribution in [1.29, 1.82) is 0 Å². The fourth-order valence-corrected chi connectivity index (χ4v) is 3.76. The van der Waals surface area contributed by atoms with Crippen LogP contribution in [0.15, 0.2) is 24.5 Å². The Balaban J connectivity index is 1.84. The smallest absolute Gasteiger partial charge is 0.406 e. The standard InChI is InChI=1S/C20H29N5O5/c1-22-15-21-19(25(26)27)20(22)24(9-5-8-23-10-12-30-13-11-23)14-16-6-4-7-17(28-2)18(16)29-3/h4,6-7,15H,5,8-14H2,1-3H3. The third kappa shape index (κ3) is 5.00. The number of imidazole rings is 1. The zero-order valence-electron chi connectivity index (χ0n) is 17.7. The molecule has 0 radical (unpaired) electrons. The van der Waals surface area contributed by atoms with Crippen molar-refractivity contribution in [3.05, 3.63) is 40.2 Å². The van der Waals surface area contributed by atoms with Crippen molar-refractivity contribution >= 4 is 11.6 Å². The molecule has 0 unspecified atom stereocenters. The number of para-hydroxylation sites is 1. The molecule has 0 spiro atoms. The molecular formula is C20H29N5O5. The lowest BCUT2D eigenvalue weighted by molar-refractivity contribution is -0.388. The number of anilines is 1. The highest BCUT2D eigenvalue weighted by Crippen LogP contribution is 2.34. The van der Waals surface area contributed by atoms with E-state index in [0.29, 0.717) is 30.4 Å². The Bertz CT molecular complexity index is 850. The second-order valence-corrected chi connectivity index (χ2v) is 7.14. The SMILES string of the molecule is COc1cccc(CN(CCCN2CCOCC2)c2c([N+](=O)[O-])ncn2C)c1OC. The number of morpholine rings is 1. The van der Waals surface area contributed by atoms with Crippen molar-refractivity contribution in [1.82, 2.24) is 14.5 Å². The topological polar surface area (TPSA) is 95.1 Å². The van der Waals surface area contributed by atoms with E-state index < -0.39 is 4.92 Å². The lowest BCUT2D eigenvalue weighted by Gasteiger charge is -2.29. The first kappa shape index (κ1) is 21.8. The number of ether oxygens (including phenoxy) is 3. The van der Waals surface area contributed by atoms with Gasteiger partial charge in [0.15, 0.2) is 11.5 Å². The van der Waals surface area contributed by atoms with Gasteiger partial charge in [0.25, 0.3) is 0 Å². The van der Waals surface area contributed by atoms with E-state index in [1.165, 1.54) is 6.33 Å². The minimum Gasteiger partial charge on any atom is -0.493 e. The second-order valence-electron chi connectivity index (χ2n) is 7.14. The lowest BCUT2D eigenvalue weighted by atomic mass is 10.1. The van der Waals surface area contributed by atoms with Crippen molar-refractivity contribution in [3.63, 3.8) is 0 Å². The van der Waals surface area contributed by atoms with Gasteiger partial charge in [-0.1, -0.05) is 12.1 Å². The molecule has 2 aromatic rings. The summed E-state index contributed by atoms with van der Waals surface area (Å²) in [6, 6.07) is 5.66. The summed E-state index contributed by atoms with van der Waals surface area (Å²) in [6.45, 7) is 5.30. The highest BCUT2D eigenvalue weighted by Gasteiger charge is 2.27. The molecule has 30 heavy (non-hydrogen) atoms. The first-order chi connectivity index (χ1) is 14.5. The molecule has 1 fully saturated rings. The molecular weight excluding hydrogens is 390 g/mol. The van der Waals surface area contributed by atoms with Crippen LogP contribution in [0.2, 0.25) is 0 Å². The van der Waals surface area contributed by atoms with E-state index in [1.54, 1.807) is 25.8 Å². The number of hydrogen-bond donors (Lipinski definition) is 0. The molecule has 1 aromatic carbocycles. The van der Waals surface area contributed by atoms with Crippen LogP contribution in [-0.4, -0.2) is 73.0 Å². The van der Waals surface area contributed by atoms with E-state index in [4.69, 9.17) is 14.2 Å². The number of nitro groups is 1. The molecule has 1 aliphatic heterocycles. The summed E-state index contributed by atoms with van der Waals surface area (Å²) >= 11 is 0. The van der Waals surface area contributed by atoms with Crippen LogP contribution in [0.1, 0.15) is 12.0 Å². The lowest BCUT2D eigenvalue weighted by Crippen LogP contribution is -2.38. The predicted octanol–water partition coefficient (Wildman–Crippen LogP) is 2.07. The van der Waals surface area contributed by atoms with Crippen LogP contribution in [0.5, 0.6) is 11.5 Å². The van der Waals surface area contributed by atoms with Crippen molar-refractivity contribution in [2.24, 2.45) is 7.05 Å². The molecule has 10 heteroatoms. The highest BCUT2D eigenvalue weighted by molar-refractivity contribution is 5.56. The molecule has 0 N–H and O–H groups in total. The second kappa shape index (κ2) is 10.3. The normalized spacial score (nSPS) is 14.5. The predicted molar refractivity (Wildman–Crippen MR) is 112 cm³/mol. The van der Waals surface area contributed by atoms with E-state index >= 15 is 0 Å². The first-order valence-corrected chi connectivity index (χ1v) is 9.95. The average molecular weight is 419 g/mol. The molecule has 0 bridgehead atoms. The maximum atomic E-state index is 11.6. The van der Waals surface area contributed by atoms with E-state index in [1.807, 2.05) is 23.1 Å². The molecule has 1 aromatic heterocycles. The number of benzene rings is 1. The summed E-state index contributed by atoms with van der Waals surface area (Å²) < 4.78 is 18.1. The number of rotatable bonds is 10. The van der Waals surface area contributed by atoms with E-state index in [-0.39, 0.29) is 5.82 Å². The summed E-state index contributed by atoms with van der Waals surface area (Å²) in [4.78, 5) is 19.5. The fourth-order valence-electron chi connectivity index (χ4n) is 3.76. The van der Waals surface area contributed by atoms with Gasteiger partial charge in [0.1, 0.15) is 0 Å². The molecule has 1 aliphatic rings. The number of nitrogens with zero attached hydrogens (tertiary/aromatic N) is 5. The van der Waals surface area contributed by atoms with Crippen molar-refractivity contribution in [3.8, 4) is 11.5 Å². The highest BCUT2D eigenvalue weighted by atomic mass is 16.6. The van der Waals surface area contributed by atoms with Gasteiger partial charge in [-0.05, 0) is 22.4 Å². The average Bonchev–Trinajstić information content (AvgIpc) is 3.15. The maximum Gasteiger partial charge on any atom is 0.406 e. The Morgan fingerprint density at radius 3 is 2.70 bits per heavy atom. The molecule has 164 valence electrons. The number of aromatic nitrogens is 2. The first-order valence-electron chi connectivity index (χ1n) is 9.95. The van der Waals surface area contributed by atoms with Gasteiger partial charge in [-0.3, -0.25) is 9.47 Å². The summed E-state index contributed by atoms with van der Waals surface area (Å²) in [7, 11) is 4.96. The summed E-state index contributed by atoms with van der Waals surface area (Å²) in [5.41, 5.74) is 0.888. The van der Waals surface area contributed by atoms with Crippen LogP contribution >= 0.6 is 0 Å². The van der Waals surface area contributed by atoms with Crippen LogP contribution in [0.3, 0.4) is 0 Å². The zero-order valence-corrected chi connectivity index (χ0v) is 17.7. The zero-order chi connectivity index (χ0) is 21.5. The van der Waals surface area contributed by atoms with Crippen molar-refractivity contribution in [2.45, 2.75) is 13.0 Å². The van der Waals surface area contributed by atoms with Gasteiger partial charge >= 0.3 is 5.82 Å². The van der Waals surface area contributed by atoms with Gasteiger partial charge in [0.05, 0.1) is 27.4 Å². The van der Waals surface area contributed by atoms with Crippen LogP contribution < -0.4 is 14.4 Å². The molecule has 1 saturated heterocycles. The molecule has 0 saturated carbocycles. The van der Waals surface area contributed by atoms with Crippen LogP contribution in [0.25, 0.3) is 0 Å².